The summed E-state index contributed by atoms with van der Waals surface area (Å²) in [5.41, 5.74) is 8.47. The lowest BCUT2D eigenvalue weighted by molar-refractivity contribution is -0.163. The van der Waals surface area contributed by atoms with Crippen LogP contribution in [0.25, 0.3) is 11.1 Å². The number of carbonyl (C=O) groups is 2. The number of hydrogen-bond acceptors (Lipinski definition) is 4. The Hall–Kier alpha value is -3.51. The standard InChI is InChI=1S/C25H25N3O3/c26-24(30)25(17-20-7-4-8-22(15-20)21-9-11-27-12-10-21)18-28(13-14-31-25)23(29)16-19-5-2-1-3-6-19/h1-12,15H,13-14,16-18H2,(H2,26,30)/t25-/m0/s1. The molecule has 31 heavy (non-hydrogen) atoms. The molecule has 2 heterocycles. The quantitative estimate of drug-likeness (QED) is 0.671. The van der Waals surface area contributed by atoms with Crippen LogP contribution in [-0.4, -0.2) is 47.0 Å². The van der Waals surface area contributed by atoms with Gasteiger partial charge in [0.05, 0.1) is 19.6 Å². The molecule has 3 aromatic rings. The molecule has 0 spiro atoms. The molecule has 1 saturated heterocycles. The molecule has 0 saturated carbocycles. The number of carbonyl (C=O) groups excluding carboxylic acids is 2. The van der Waals surface area contributed by atoms with Gasteiger partial charge in [0.15, 0.2) is 5.60 Å². The lowest BCUT2D eigenvalue weighted by Gasteiger charge is -2.41. The van der Waals surface area contributed by atoms with Crippen molar-refractivity contribution in [2.45, 2.75) is 18.4 Å². The molecule has 158 valence electrons. The zero-order valence-corrected chi connectivity index (χ0v) is 17.2. The first-order valence-corrected chi connectivity index (χ1v) is 10.3. The van der Waals surface area contributed by atoms with Crippen molar-refractivity contribution in [2.24, 2.45) is 5.73 Å². The second-order valence-corrected chi connectivity index (χ2v) is 7.80. The maximum absolute atomic E-state index is 12.9. The average molecular weight is 415 g/mol. The van der Waals surface area contributed by atoms with E-state index in [4.69, 9.17) is 10.5 Å². The van der Waals surface area contributed by atoms with Gasteiger partial charge in [0.2, 0.25) is 5.91 Å². The summed E-state index contributed by atoms with van der Waals surface area (Å²) < 4.78 is 5.93. The number of ether oxygens (including phenoxy) is 1. The number of pyridine rings is 1. The summed E-state index contributed by atoms with van der Waals surface area (Å²) in [6, 6.07) is 21.4. The lowest BCUT2D eigenvalue weighted by Crippen LogP contribution is -2.61. The van der Waals surface area contributed by atoms with Gasteiger partial charge >= 0.3 is 0 Å². The third-order valence-corrected chi connectivity index (χ3v) is 5.62. The zero-order chi connectivity index (χ0) is 21.7. The van der Waals surface area contributed by atoms with E-state index in [0.29, 0.717) is 13.0 Å². The fraction of sp³-hybridized carbons (Fsp3) is 0.240. The molecule has 1 atom stereocenters. The molecule has 6 nitrogen and oxygen atoms in total. The Kier molecular flexibility index (Phi) is 6.09. The number of nitrogens with zero attached hydrogens (tertiary/aromatic N) is 2. The summed E-state index contributed by atoms with van der Waals surface area (Å²) in [5.74, 6) is -0.593. The van der Waals surface area contributed by atoms with Crippen LogP contribution in [0, 0.1) is 0 Å². The number of hydrogen-bond donors (Lipinski definition) is 1. The van der Waals surface area contributed by atoms with Crippen molar-refractivity contribution in [3.05, 3.63) is 90.3 Å². The highest BCUT2D eigenvalue weighted by Gasteiger charge is 2.43. The molecule has 1 aliphatic heterocycles. The molecule has 0 unspecified atom stereocenters. The number of amides is 2. The summed E-state index contributed by atoms with van der Waals surface area (Å²) >= 11 is 0. The predicted molar refractivity (Wildman–Crippen MR) is 118 cm³/mol. The number of primary amides is 1. The van der Waals surface area contributed by atoms with E-state index in [1.54, 1.807) is 17.3 Å². The van der Waals surface area contributed by atoms with Crippen molar-refractivity contribution in [3.8, 4) is 11.1 Å². The van der Waals surface area contributed by atoms with Crippen LogP contribution >= 0.6 is 0 Å². The van der Waals surface area contributed by atoms with E-state index in [1.807, 2.05) is 66.7 Å². The average Bonchev–Trinajstić information content (AvgIpc) is 2.80. The van der Waals surface area contributed by atoms with Crippen molar-refractivity contribution in [1.29, 1.82) is 0 Å². The highest BCUT2D eigenvalue weighted by Crippen LogP contribution is 2.27. The summed E-state index contributed by atoms with van der Waals surface area (Å²) in [6.45, 7) is 0.860. The number of morpholine rings is 1. The van der Waals surface area contributed by atoms with Gasteiger partial charge in [-0.15, -0.1) is 0 Å². The van der Waals surface area contributed by atoms with Crippen LogP contribution in [0.5, 0.6) is 0 Å². The molecular weight excluding hydrogens is 390 g/mol. The molecule has 1 aliphatic rings. The van der Waals surface area contributed by atoms with E-state index in [1.165, 1.54) is 0 Å². The summed E-state index contributed by atoms with van der Waals surface area (Å²) in [6.07, 6.45) is 4.07. The van der Waals surface area contributed by atoms with Crippen LogP contribution in [0.3, 0.4) is 0 Å². The minimum Gasteiger partial charge on any atom is -0.367 e. The molecule has 0 bridgehead atoms. The second kappa shape index (κ2) is 9.10. The van der Waals surface area contributed by atoms with Gasteiger partial charge in [0.25, 0.3) is 5.91 Å². The number of nitrogens with two attached hydrogens (primary N) is 1. The Labute approximate surface area is 181 Å². The Morgan fingerprint density at radius 1 is 0.968 bits per heavy atom. The third-order valence-electron chi connectivity index (χ3n) is 5.62. The van der Waals surface area contributed by atoms with Crippen molar-refractivity contribution < 1.29 is 14.3 Å². The Balaban J connectivity index is 1.53. The van der Waals surface area contributed by atoms with Crippen molar-refractivity contribution in [2.75, 3.05) is 19.7 Å². The summed E-state index contributed by atoms with van der Waals surface area (Å²) in [7, 11) is 0. The van der Waals surface area contributed by atoms with E-state index >= 15 is 0 Å². The predicted octanol–water partition coefficient (Wildman–Crippen LogP) is 2.62. The molecule has 1 aromatic heterocycles. The van der Waals surface area contributed by atoms with E-state index in [-0.39, 0.29) is 25.5 Å². The number of rotatable bonds is 6. The molecule has 0 radical (unpaired) electrons. The number of aromatic nitrogens is 1. The van der Waals surface area contributed by atoms with E-state index in [9.17, 15) is 9.59 Å². The van der Waals surface area contributed by atoms with Gasteiger partial charge in [-0.05, 0) is 34.4 Å². The monoisotopic (exact) mass is 415 g/mol. The van der Waals surface area contributed by atoms with Gasteiger partial charge in [-0.1, -0.05) is 54.6 Å². The maximum atomic E-state index is 12.9. The largest absolute Gasteiger partial charge is 0.367 e. The van der Waals surface area contributed by atoms with Gasteiger partial charge in [-0.25, -0.2) is 0 Å². The van der Waals surface area contributed by atoms with Gasteiger partial charge in [0, 0.05) is 25.4 Å². The fourth-order valence-electron chi connectivity index (χ4n) is 3.96. The minimum atomic E-state index is -1.25. The van der Waals surface area contributed by atoms with E-state index in [0.717, 1.165) is 22.3 Å². The molecular formula is C25H25N3O3. The van der Waals surface area contributed by atoms with Crippen molar-refractivity contribution in [1.82, 2.24) is 9.88 Å². The van der Waals surface area contributed by atoms with Crippen LogP contribution in [0.1, 0.15) is 11.1 Å². The molecule has 1 fully saturated rings. The highest BCUT2D eigenvalue weighted by atomic mass is 16.5. The smallest absolute Gasteiger partial charge is 0.251 e. The fourth-order valence-corrected chi connectivity index (χ4v) is 3.96. The first-order valence-electron chi connectivity index (χ1n) is 10.3. The molecule has 6 heteroatoms. The third kappa shape index (κ3) is 4.81. The molecule has 2 N–H and O–H groups in total. The molecule has 2 aromatic carbocycles. The van der Waals surface area contributed by atoms with Crippen molar-refractivity contribution in [3.63, 3.8) is 0 Å². The first kappa shape index (κ1) is 20.8. The number of benzene rings is 2. The second-order valence-electron chi connectivity index (χ2n) is 7.80. The van der Waals surface area contributed by atoms with Gasteiger partial charge in [-0.3, -0.25) is 14.6 Å². The Bertz CT molecular complexity index is 1060. The minimum absolute atomic E-state index is 0.0364. The van der Waals surface area contributed by atoms with Crippen LogP contribution in [0.15, 0.2) is 79.1 Å². The lowest BCUT2D eigenvalue weighted by atomic mass is 9.90. The van der Waals surface area contributed by atoms with Crippen molar-refractivity contribution >= 4 is 11.8 Å². The molecule has 4 rings (SSSR count). The normalized spacial score (nSPS) is 18.5. The van der Waals surface area contributed by atoms with E-state index in [2.05, 4.69) is 4.98 Å². The Morgan fingerprint density at radius 2 is 1.71 bits per heavy atom. The van der Waals surface area contributed by atoms with Crippen LogP contribution in [0.4, 0.5) is 0 Å². The van der Waals surface area contributed by atoms with Crippen LogP contribution in [0.2, 0.25) is 0 Å². The molecule has 2 amide bonds. The maximum Gasteiger partial charge on any atom is 0.251 e. The van der Waals surface area contributed by atoms with Gasteiger partial charge in [0.1, 0.15) is 0 Å². The van der Waals surface area contributed by atoms with Crippen LogP contribution < -0.4 is 5.73 Å². The zero-order valence-electron chi connectivity index (χ0n) is 17.2. The summed E-state index contributed by atoms with van der Waals surface area (Å²) in [4.78, 5) is 31.1. The Morgan fingerprint density at radius 3 is 2.45 bits per heavy atom. The first-order chi connectivity index (χ1) is 15.1. The molecule has 0 aliphatic carbocycles. The topological polar surface area (TPSA) is 85.5 Å². The highest BCUT2D eigenvalue weighted by molar-refractivity contribution is 5.86. The van der Waals surface area contributed by atoms with E-state index < -0.39 is 11.5 Å². The summed E-state index contributed by atoms with van der Waals surface area (Å²) in [5, 5.41) is 0. The van der Waals surface area contributed by atoms with Gasteiger partial charge < -0.3 is 15.4 Å². The van der Waals surface area contributed by atoms with Crippen LogP contribution in [-0.2, 0) is 27.2 Å². The SMILES string of the molecule is NC(=O)[C@]1(Cc2cccc(-c3ccncc3)c2)CN(C(=O)Cc2ccccc2)CCO1. The van der Waals surface area contributed by atoms with Gasteiger partial charge in [-0.2, -0.15) is 0 Å².